The lowest BCUT2D eigenvalue weighted by atomic mass is 10.1. The van der Waals surface area contributed by atoms with Gasteiger partial charge in [-0.3, -0.25) is 24.1 Å². The van der Waals surface area contributed by atoms with Gasteiger partial charge in [-0.1, -0.05) is 65.4 Å². The maximum atomic E-state index is 13.4. The molecule has 0 aliphatic carbocycles. The lowest BCUT2D eigenvalue weighted by Crippen LogP contribution is -2.36. The number of thioether (sulfide) groups is 1. The van der Waals surface area contributed by atoms with Crippen molar-refractivity contribution in [2.75, 3.05) is 13.2 Å². The Labute approximate surface area is 230 Å². The Morgan fingerprint density at radius 3 is 2.37 bits per heavy atom. The number of rotatable bonds is 6. The van der Waals surface area contributed by atoms with E-state index in [0.29, 0.717) is 20.2 Å². The Bertz CT molecular complexity index is 1630. The number of aliphatic imine (C=N–C) groups is 1. The van der Waals surface area contributed by atoms with Crippen molar-refractivity contribution in [3.8, 4) is 0 Å². The zero-order valence-electron chi connectivity index (χ0n) is 19.5. The minimum absolute atomic E-state index is 0.0704. The van der Waals surface area contributed by atoms with Crippen molar-refractivity contribution in [2.24, 2.45) is 4.99 Å². The molecule has 0 N–H and O–H groups in total. The van der Waals surface area contributed by atoms with Crippen molar-refractivity contribution < 1.29 is 19.2 Å². The van der Waals surface area contributed by atoms with E-state index in [-0.39, 0.29) is 30.2 Å². The van der Waals surface area contributed by atoms with E-state index in [9.17, 15) is 14.4 Å². The van der Waals surface area contributed by atoms with Crippen LogP contribution >= 0.6 is 34.7 Å². The van der Waals surface area contributed by atoms with Gasteiger partial charge in [-0.2, -0.15) is 4.99 Å². The molecule has 2 aliphatic rings. The van der Waals surface area contributed by atoms with Crippen LogP contribution in [0.15, 0.2) is 82.7 Å². The first-order chi connectivity index (χ1) is 18.5. The number of hydroxylamine groups is 2. The molecule has 0 atom stereocenters. The van der Waals surface area contributed by atoms with E-state index in [1.807, 2.05) is 42.5 Å². The molecule has 8 nitrogen and oxygen atoms in total. The fourth-order valence-corrected chi connectivity index (χ4v) is 6.19. The summed E-state index contributed by atoms with van der Waals surface area (Å²) >= 11 is 8.70. The molecule has 1 aromatic heterocycles. The molecule has 38 heavy (non-hydrogen) atoms. The lowest BCUT2D eigenvalue weighted by Gasteiger charge is -2.18. The normalized spacial score (nSPS) is 17.4. The van der Waals surface area contributed by atoms with Crippen LogP contribution in [0.2, 0.25) is 5.02 Å². The summed E-state index contributed by atoms with van der Waals surface area (Å²) in [6.45, 7) is -0.0220. The van der Waals surface area contributed by atoms with Gasteiger partial charge in [0.2, 0.25) is 5.13 Å². The SMILES string of the molecule is O=C1c2ccccc2C(=O)N1OCCN1C(=O)/C(=C/c2ccccc2)S/C1=N/c1nc2ccc(Cl)cc2s1. The Morgan fingerprint density at radius 1 is 0.921 bits per heavy atom. The molecule has 3 amide bonds. The van der Waals surface area contributed by atoms with Gasteiger partial charge in [0.25, 0.3) is 17.7 Å². The van der Waals surface area contributed by atoms with Crippen molar-refractivity contribution in [1.82, 2.24) is 14.9 Å². The number of benzene rings is 3. The number of aromatic nitrogens is 1. The first kappa shape index (κ1) is 24.5. The summed E-state index contributed by atoms with van der Waals surface area (Å²) in [6.07, 6.45) is 1.80. The highest BCUT2D eigenvalue weighted by atomic mass is 35.5. The molecule has 0 spiro atoms. The summed E-state index contributed by atoms with van der Waals surface area (Å²) in [4.78, 5) is 55.3. The van der Waals surface area contributed by atoms with Gasteiger partial charge >= 0.3 is 0 Å². The van der Waals surface area contributed by atoms with Gasteiger partial charge in [-0.05, 0) is 53.7 Å². The molecular formula is C27H17ClN4O4S2. The summed E-state index contributed by atoms with van der Waals surface area (Å²) in [5, 5.41) is 2.25. The minimum Gasteiger partial charge on any atom is -0.284 e. The van der Waals surface area contributed by atoms with Crippen LogP contribution < -0.4 is 0 Å². The van der Waals surface area contributed by atoms with Crippen molar-refractivity contribution >= 4 is 79.0 Å². The molecule has 6 rings (SSSR count). The Kier molecular flexibility index (Phi) is 6.54. The quantitative estimate of drug-likeness (QED) is 0.219. The number of nitrogens with zero attached hydrogens (tertiary/aromatic N) is 4. The number of hydrogen-bond acceptors (Lipinski definition) is 8. The lowest BCUT2D eigenvalue weighted by molar-refractivity contribution is -0.125. The number of hydrogen-bond donors (Lipinski definition) is 0. The van der Waals surface area contributed by atoms with E-state index in [4.69, 9.17) is 16.4 Å². The van der Waals surface area contributed by atoms with Crippen LogP contribution in [0.25, 0.3) is 16.3 Å². The predicted molar refractivity (Wildman–Crippen MR) is 148 cm³/mol. The molecule has 0 bridgehead atoms. The van der Waals surface area contributed by atoms with Crippen LogP contribution in [0.5, 0.6) is 0 Å². The van der Waals surface area contributed by atoms with E-state index in [1.54, 1.807) is 36.4 Å². The van der Waals surface area contributed by atoms with Gasteiger partial charge in [-0.25, -0.2) is 4.98 Å². The highest BCUT2D eigenvalue weighted by Gasteiger charge is 2.38. The number of halogens is 1. The average molecular weight is 561 g/mol. The van der Waals surface area contributed by atoms with Crippen LogP contribution in [-0.4, -0.2) is 51.0 Å². The Hall–Kier alpha value is -3.83. The monoisotopic (exact) mass is 560 g/mol. The summed E-state index contributed by atoms with van der Waals surface area (Å²) in [5.74, 6) is -1.31. The fourth-order valence-electron chi connectivity index (χ4n) is 4.01. The summed E-state index contributed by atoms with van der Waals surface area (Å²) in [7, 11) is 0. The number of fused-ring (bicyclic) bond motifs is 2. The number of thiazole rings is 1. The predicted octanol–water partition coefficient (Wildman–Crippen LogP) is 5.78. The van der Waals surface area contributed by atoms with Gasteiger partial charge < -0.3 is 0 Å². The Balaban J connectivity index is 1.25. The second kappa shape index (κ2) is 10.1. The number of carbonyl (C=O) groups excluding carboxylic acids is 3. The molecule has 188 valence electrons. The molecular weight excluding hydrogens is 544 g/mol. The average Bonchev–Trinajstić information content (AvgIpc) is 3.53. The topological polar surface area (TPSA) is 92.2 Å². The number of amidine groups is 1. The van der Waals surface area contributed by atoms with E-state index < -0.39 is 11.8 Å². The molecule has 4 aromatic rings. The van der Waals surface area contributed by atoms with E-state index >= 15 is 0 Å². The summed E-state index contributed by atoms with van der Waals surface area (Å²) in [6, 6.07) is 21.4. The third-order valence-electron chi connectivity index (χ3n) is 5.81. The smallest absolute Gasteiger partial charge is 0.284 e. The minimum atomic E-state index is -0.528. The van der Waals surface area contributed by atoms with Gasteiger partial charge in [-0.15, -0.1) is 5.06 Å². The van der Waals surface area contributed by atoms with Crippen molar-refractivity contribution in [3.05, 3.63) is 99.4 Å². The van der Waals surface area contributed by atoms with Crippen LogP contribution in [0, 0.1) is 0 Å². The van der Waals surface area contributed by atoms with Crippen LogP contribution in [-0.2, 0) is 9.63 Å². The Morgan fingerprint density at radius 2 is 1.63 bits per heavy atom. The molecule has 1 saturated heterocycles. The zero-order valence-corrected chi connectivity index (χ0v) is 21.9. The molecule has 0 saturated carbocycles. The highest BCUT2D eigenvalue weighted by molar-refractivity contribution is 8.18. The molecule has 2 aliphatic heterocycles. The van der Waals surface area contributed by atoms with E-state index in [0.717, 1.165) is 20.8 Å². The molecule has 11 heteroatoms. The van der Waals surface area contributed by atoms with Crippen molar-refractivity contribution in [1.29, 1.82) is 0 Å². The summed E-state index contributed by atoms with van der Waals surface area (Å²) in [5.41, 5.74) is 2.21. The van der Waals surface area contributed by atoms with Gasteiger partial charge in [0.05, 0.1) is 39.4 Å². The van der Waals surface area contributed by atoms with Crippen molar-refractivity contribution in [3.63, 3.8) is 0 Å². The van der Waals surface area contributed by atoms with E-state index in [1.165, 1.54) is 28.0 Å². The van der Waals surface area contributed by atoms with Gasteiger partial charge in [0, 0.05) is 5.02 Å². The van der Waals surface area contributed by atoms with Gasteiger partial charge in [0.1, 0.15) is 0 Å². The fraction of sp³-hybridized carbons (Fsp3) is 0.0741. The molecule has 0 unspecified atom stereocenters. The second-order valence-electron chi connectivity index (χ2n) is 8.26. The van der Waals surface area contributed by atoms with Gasteiger partial charge in [0.15, 0.2) is 5.17 Å². The first-order valence-corrected chi connectivity index (χ1v) is 13.5. The standard InChI is InChI=1S/C27H17ClN4O4S2/c28-17-10-11-20-21(15-17)37-26(29-20)30-27-31(25(35)22(38-27)14-16-6-2-1-3-7-16)12-13-36-32-23(33)18-8-4-5-9-19(18)24(32)34/h1-11,14-15H,12-13H2/b22-14-,30-27+. The highest BCUT2D eigenvalue weighted by Crippen LogP contribution is 2.36. The zero-order chi connectivity index (χ0) is 26.2. The number of imide groups is 1. The van der Waals surface area contributed by atoms with Crippen LogP contribution in [0.4, 0.5) is 5.13 Å². The molecule has 3 heterocycles. The third-order valence-corrected chi connectivity index (χ3v) is 7.96. The van der Waals surface area contributed by atoms with E-state index in [2.05, 4.69) is 9.98 Å². The van der Waals surface area contributed by atoms with Crippen LogP contribution in [0.1, 0.15) is 26.3 Å². The van der Waals surface area contributed by atoms with Crippen molar-refractivity contribution in [2.45, 2.75) is 0 Å². The second-order valence-corrected chi connectivity index (χ2v) is 10.7. The largest absolute Gasteiger partial charge is 0.285 e. The first-order valence-electron chi connectivity index (χ1n) is 11.5. The van der Waals surface area contributed by atoms with Crippen LogP contribution in [0.3, 0.4) is 0 Å². The number of carbonyl (C=O) groups is 3. The maximum absolute atomic E-state index is 13.4. The molecule has 3 aromatic carbocycles. The molecule has 0 radical (unpaired) electrons. The summed E-state index contributed by atoms with van der Waals surface area (Å²) < 4.78 is 0.881. The molecule has 1 fully saturated rings. The number of amides is 3. The maximum Gasteiger partial charge on any atom is 0.285 e. The third kappa shape index (κ3) is 4.63.